The predicted octanol–water partition coefficient (Wildman–Crippen LogP) is 4.53. The van der Waals surface area contributed by atoms with Crippen molar-refractivity contribution in [3.63, 3.8) is 0 Å². The first-order valence-corrected chi connectivity index (χ1v) is 6.82. The number of hydrogen-bond donors (Lipinski definition) is 1. The molecule has 3 nitrogen and oxygen atoms in total. The number of carbonyl (C=O) groups is 1. The van der Waals surface area contributed by atoms with Gasteiger partial charge in [-0.3, -0.25) is 0 Å². The van der Waals surface area contributed by atoms with Crippen LogP contribution in [-0.2, 0) is 11.3 Å². The van der Waals surface area contributed by atoms with Crippen LogP contribution >= 0.6 is 23.2 Å². The lowest BCUT2D eigenvalue weighted by atomic mass is 10.1. The third-order valence-corrected chi connectivity index (χ3v) is 3.46. The summed E-state index contributed by atoms with van der Waals surface area (Å²) in [5.74, 6) is -1.12. The molecule has 0 unspecified atom stereocenters. The molecule has 0 radical (unpaired) electrons. The summed E-state index contributed by atoms with van der Waals surface area (Å²) in [5.41, 5.74) is 1.40. The first-order chi connectivity index (χ1) is 10.0. The van der Waals surface area contributed by atoms with Gasteiger partial charge in [0.1, 0.15) is 5.82 Å². The molecule has 2 aromatic carbocycles. The molecule has 0 atom stereocenters. The van der Waals surface area contributed by atoms with Crippen LogP contribution in [0.25, 0.3) is 0 Å². The second kappa shape index (κ2) is 6.78. The summed E-state index contributed by atoms with van der Waals surface area (Å²) >= 11 is 11.9. The van der Waals surface area contributed by atoms with Crippen molar-refractivity contribution in [2.45, 2.75) is 6.54 Å². The Balaban J connectivity index is 2.21. The number of nitrogens with one attached hydrogen (secondary N) is 1. The van der Waals surface area contributed by atoms with E-state index < -0.39 is 11.8 Å². The molecule has 2 rings (SSSR count). The van der Waals surface area contributed by atoms with E-state index in [9.17, 15) is 9.18 Å². The molecule has 0 aliphatic heterocycles. The number of carbonyl (C=O) groups excluding carboxylic acids is 1. The molecule has 0 aliphatic rings. The van der Waals surface area contributed by atoms with E-state index in [1.807, 2.05) is 0 Å². The third kappa shape index (κ3) is 3.86. The molecule has 1 N–H and O–H groups in total. The van der Waals surface area contributed by atoms with E-state index in [2.05, 4.69) is 10.1 Å². The summed E-state index contributed by atoms with van der Waals surface area (Å²) in [6.45, 7) is 0.367. The van der Waals surface area contributed by atoms with Gasteiger partial charge < -0.3 is 10.1 Å². The fraction of sp³-hybridized carbons (Fsp3) is 0.133. The van der Waals surface area contributed by atoms with Gasteiger partial charge in [-0.25, -0.2) is 9.18 Å². The van der Waals surface area contributed by atoms with Gasteiger partial charge in [-0.2, -0.15) is 0 Å². The second-order valence-electron chi connectivity index (χ2n) is 4.27. The minimum Gasteiger partial charge on any atom is -0.465 e. The van der Waals surface area contributed by atoms with Gasteiger partial charge in [0.25, 0.3) is 0 Å². The van der Waals surface area contributed by atoms with Crippen molar-refractivity contribution < 1.29 is 13.9 Å². The number of esters is 1. The van der Waals surface area contributed by atoms with E-state index in [4.69, 9.17) is 23.2 Å². The molecule has 0 aliphatic carbocycles. The number of ether oxygens (including phenoxy) is 1. The minimum atomic E-state index is -0.612. The van der Waals surface area contributed by atoms with Crippen LogP contribution in [-0.4, -0.2) is 13.1 Å². The third-order valence-electron chi connectivity index (χ3n) is 2.87. The Morgan fingerprint density at radius 1 is 1.24 bits per heavy atom. The zero-order valence-corrected chi connectivity index (χ0v) is 12.6. The largest absolute Gasteiger partial charge is 0.465 e. The molecule has 0 saturated heterocycles. The van der Waals surface area contributed by atoms with Gasteiger partial charge in [0, 0.05) is 22.3 Å². The molecule has 0 saturated carbocycles. The van der Waals surface area contributed by atoms with E-state index in [0.29, 0.717) is 22.3 Å². The van der Waals surface area contributed by atoms with Crippen LogP contribution in [0, 0.1) is 5.82 Å². The molecule has 0 spiro atoms. The van der Waals surface area contributed by atoms with Gasteiger partial charge in [-0.05, 0) is 35.9 Å². The molecule has 0 heterocycles. The summed E-state index contributed by atoms with van der Waals surface area (Å²) in [6, 6.07) is 8.99. The smallest absolute Gasteiger partial charge is 0.340 e. The summed E-state index contributed by atoms with van der Waals surface area (Å²) < 4.78 is 17.9. The maximum absolute atomic E-state index is 13.2. The lowest BCUT2D eigenvalue weighted by Crippen LogP contribution is -2.09. The van der Waals surface area contributed by atoms with Crippen molar-refractivity contribution in [3.05, 3.63) is 63.4 Å². The van der Waals surface area contributed by atoms with Crippen molar-refractivity contribution in [1.29, 1.82) is 0 Å². The maximum Gasteiger partial charge on any atom is 0.340 e. The molecule has 21 heavy (non-hydrogen) atoms. The Morgan fingerprint density at radius 3 is 2.67 bits per heavy atom. The summed E-state index contributed by atoms with van der Waals surface area (Å²) in [5, 5.41) is 4.09. The number of anilines is 1. The predicted molar refractivity (Wildman–Crippen MR) is 81.5 cm³/mol. The fourth-order valence-electron chi connectivity index (χ4n) is 1.80. The Hall–Kier alpha value is -1.78. The average molecular weight is 328 g/mol. The standard InChI is InChI=1S/C15H12Cl2FNO2/c1-21-15(20)12-7-11(18)4-5-14(12)19-8-9-2-3-10(16)6-13(9)17/h2-7,19H,8H2,1H3. The van der Waals surface area contributed by atoms with Crippen molar-refractivity contribution in [2.24, 2.45) is 0 Å². The summed E-state index contributed by atoms with van der Waals surface area (Å²) in [7, 11) is 1.24. The van der Waals surface area contributed by atoms with Crippen LogP contribution in [0.1, 0.15) is 15.9 Å². The van der Waals surface area contributed by atoms with Gasteiger partial charge in [-0.15, -0.1) is 0 Å². The van der Waals surface area contributed by atoms with Gasteiger partial charge in [0.05, 0.1) is 12.7 Å². The van der Waals surface area contributed by atoms with Gasteiger partial charge in [0.15, 0.2) is 0 Å². The molecule has 0 fully saturated rings. The topological polar surface area (TPSA) is 38.3 Å². The highest BCUT2D eigenvalue weighted by molar-refractivity contribution is 6.35. The normalized spacial score (nSPS) is 10.3. The molecule has 0 amide bonds. The number of benzene rings is 2. The monoisotopic (exact) mass is 327 g/mol. The van der Waals surface area contributed by atoms with Crippen LogP contribution in [0.15, 0.2) is 36.4 Å². The van der Waals surface area contributed by atoms with E-state index in [1.54, 1.807) is 18.2 Å². The first kappa shape index (κ1) is 15.6. The lowest BCUT2D eigenvalue weighted by Gasteiger charge is -2.12. The number of rotatable bonds is 4. The molecule has 0 bridgehead atoms. The zero-order valence-electron chi connectivity index (χ0n) is 11.1. The highest BCUT2D eigenvalue weighted by Gasteiger charge is 2.13. The van der Waals surface area contributed by atoms with Crippen molar-refractivity contribution in [1.82, 2.24) is 0 Å². The molecular weight excluding hydrogens is 316 g/mol. The first-order valence-electron chi connectivity index (χ1n) is 6.07. The zero-order chi connectivity index (χ0) is 15.4. The van der Waals surface area contributed by atoms with Gasteiger partial charge in [0.2, 0.25) is 0 Å². The van der Waals surface area contributed by atoms with Crippen LogP contribution in [0.3, 0.4) is 0 Å². The Morgan fingerprint density at radius 2 is 2.00 bits per heavy atom. The Labute approximate surface area is 131 Å². The second-order valence-corrected chi connectivity index (χ2v) is 5.11. The van der Waals surface area contributed by atoms with Crippen molar-refractivity contribution >= 4 is 34.9 Å². The van der Waals surface area contributed by atoms with E-state index in [0.717, 1.165) is 11.6 Å². The van der Waals surface area contributed by atoms with Crippen LogP contribution in [0.2, 0.25) is 10.0 Å². The Kier molecular flexibility index (Phi) is 5.04. The van der Waals surface area contributed by atoms with Gasteiger partial charge >= 0.3 is 5.97 Å². The maximum atomic E-state index is 13.2. The molecule has 110 valence electrons. The van der Waals surface area contributed by atoms with Gasteiger partial charge in [-0.1, -0.05) is 29.3 Å². The quantitative estimate of drug-likeness (QED) is 0.838. The van der Waals surface area contributed by atoms with Crippen LogP contribution in [0.5, 0.6) is 0 Å². The molecule has 6 heteroatoms. The van der Waals surface area contributed by atoms with Crippen molar-refractivity contribution in [2.75, 3.05) is 12.4 Å². The highest BCUT2D eigenvalue weighted by Crippen LogP contribution is 2.23. The van der Waals surface area contributed by atoms with Crippen LogP contribution < -0.4 is 5.32 Å². The van der Waals surface area contributed by atoms with Crippen molar-refractivity contribution in [3.8, 4) is 0 Å². The number of hydrogen-bond acceptors (Lipinski definition) is 3. The summed E-state index contributed by atoms with van der Waals surface area (Å²) in [4.78, 5) is 11.6. The molecule has 0 aromatic heterocycles. The number of methoxy groups -OCH3 is 1. The van der Waals surface area contributed by atoms with E-state index >= 15 is 0 Å². The van der Waals surface area contributed by atoms with E-state index in [1.165, 1.54) is 19.2 Å². The number of halogens is 3. The Bertz CT molecular complexity index is 677. The minimum absolute atomic E-state index is 0.127. The SMILES string of the molecule is COC(=O)c1cc(F)ccc1NCc1ccc(Cl)cc1Cl. The van der Waals surface area contributed by atoms with E-state index in [-0.39, 0.29) is 5.56 Å². The molecular formula is C15H12Cl2FNO2. The lowest BCUT2D eigenvalue weighted by molar-refractivity contribution is 0.0601. The fourth-order valence-corrected chi connectivity index (χ4v) is 2.28. The highest BCUT2D eigenvalue weighted by atomic mass is 35.5. The average Bonchev–Trinajstić information content (AvgIpc) is 2.46. The summed E-state index contributed by atoms with van der Waals surface area (Å²) in [6.07, 6.45) is 0. The molecule has 2 aromatic rings. The van der Waals surface area contributed by atoms with Crippen LogP contribution in [0.4, 0.5) is 10.1 Å².